The van der Waals surface area contributed by atoms with Gasteiger partial charge in [0.1, 0.15) is 55.4 Å². The number of unbranched alkanes of at least 4 members (excludes halogenated alkanes) is 27. The molecule has 74 heavy (non-hydrogen) atoms. The topological polar surface area (TPSA) is 231 Å². The highest BCUT2D eigenvalue weighted by Gasteiger charge is 2.47. The molecule has 0 aromatic heterocycles. The largest absolute Gasteiger partial charge is 0.462 e. The van der Waals surface area contributed by atoms with Crippen LogP contribution in [0.4, 0.5) is 0 Å². The zero-order valence-corrected chi connectivity index (χ0v) is 45.8. The molecule has 2 saturated heterocycles. The second kappa shape index (κ2) is 45.5. The fourth-order valence-electron chi connectivity index (χ4n) is 9.17. The Kier molecular flexibility index (Phi) is 41.5. The maximum absolute atomic E-state index is 13.0. The van der Waals surface area contributed by atoms with Gasteiger partial charge < -0.3 is 64.2 Å². The van der Waals surface area contributed by atoms with Gasteiger partial charge in [0.2, 0.25) is 0 Å². The molecule has 0 aliphatic carbocycles. The van der Waals surface area contributed by atoms with Gasteiger partial charge in [0.15, 0.2) is 18.7 Å². The summed E-state index contributed by atoms with van der Waals surface area (Å²) in [7, 11) is 0. The van der Waals surface area contributed by atoms with Crippen molar-refractivity contribution in [1.29, 1.82) is 0 Å². The van der Waals surface area contributed by atoms with Crippen LogP contribution in [0, 0.1) is 0 Å². The molecule has 0 aromatic carbocycles. The molecule has 0 spiro atoms. The number of aliphatic hydroxyl groups is 7. The second-order valence-corrected chi connectivity index (χ2v) is 20.5. The molecule has 0 saturated carbocycles. The van der Waals surface area contributed by atoms with E-state index in [2.05, 4.69) is 26.0 Å². The van der Waals surface area contributed by atoms with Gasteiger partial charge in [0.05, 0.1) is 19.8 Å². The van der Waals surface area contributed by atoms with Gasteiger partial charge in [0, 0.05) is 12.8 Å². The summed E-state index contributed by atoms with van der Waals surface area (Å²) in [6, 6.07) is 0. The van der Waals surface area contributed by atoms with Gasteiger partial charge >= 0.3 is 11.9 Å². The maximum atomic E-state index is 13.0. The molecule has 0 aromatic rings. The van der Waals surface area contributed by atoms with Crippen molar-refractivity contribution in [3.63, 3.8) is 0 Å². The van der Waals surface area contributed by atoms with Crippen molar-refractivity contribution in [2.75, 3.05) is 26.4 Å². The standard InChI is InChI=1S/C59H104O15/c1-3-5-7-9-11-13-15-17-19-20-21-22-23-24-25-26-28-29-31-33-35-37-39-41-50(61)69-44-47(72-51(62)42-40-38-36-34-32-30-27-18-16-14-12-10-8-6-4-2)45-70-58-57(68)55(66)53(64)49(74-58)46-71-59-56(67)54(65)52(63)48(43-60)73-59/h6,8,10,12,14,16,18,27,47-49,52-60,63-68H,3-5,7,9,11,13,15,17,19-26,28-46H2,1-2H3/b8-6+,12-10+,16-14+,27-18+/t47-,48+,49+,52-,53-,54?,55?,56?,57?,58+,59+/m0/s1. The highest BCUT2D eigenvalue weighted by molar-refractivity contribution is 5.70. The molecule has 4 unspecified atom stereocenters. The van der Waals surface area contributed by atoms with Crippen molar-refractivity contribution in [2.45, 2.75) is 287 Å². The van der Waals surface area contributed by atoms with E-state index < -0.39 is 99.3 Å². The molecule has 0 radical (unpaired) electrons. The molecule has 2 aliphatic rings. The van der Waals surface area contributed by atoms with Crippen LogP contribution in [0.25, 0.3) is 0 Å². The van der Waals surface area contributed by atoms with E-state index in [1.165, 1.54) is 122 Å². The zero-order chi connectivity index (χ0) is 53.9. The summed E-state index contributed by atoms with van der Waals surface area (Å²) in [4.78, 5) is 25.9. The van der Waals surface area contributed by atoms with Crippen molar-refractivity contribution < 1.29 is 73.8 Å². The minimum atomic E-state index is -1.77. The van der Waals surface area contributed by atoms with Gasteiger partial charge in [-0.3, -0.25) is 9.59 Å². The van der Waals surface area contributed by atoms with Gasteiger partial charge in [-0.15, -0.1) is 0 Å². The number of hydrogen-bond donors (Lipinski definition) is 7. The predicted molar refractivity (Wildman–Crippen MR) is 289 cm³/mol. The van der Waals surface area contributed by atoms with Crippen LogP contribution in [0.2, 0.25) is 0 Å². The molecule has 0 bridgehead atoms. The molecule has 7 N–H and O–H groups in total. The van der Waals surface area contributed by atoms with Gasteiger partial charge in [-0.05, 0) is 32.1 Å². The zero-order valence-electron chi connectivity index (χ0n) is 45.8. The minimum Gasteiger partial charge on any atom is -0.462 e. The Hall–Kier alpha value is -2.54. The van der Waals surface area contributed by atoms with Crippen LogP contribution in [-0.4, -0.2) is 142 Å². The highest BCUT2D eigenvalue weighted by atomic mass is 16.7. The number of rotatable bonds is 46. The first-order valence-corrected chi connectivity index (χ1v) is 29.3. The lowest BCUT2D eigenvalue weighted by molar-refractivity contribution is -0.332. The normalized spacial score (nSPS) is 25.0. The summed E-state index contributed by atoms with van der Waals surface area (Å²) in [6.45, 7) is 2.46. The summed E-state index contributed by atoms with van der Waals surface area (Å²) in [6.07, 6.45) is 35.7. The third-order valence-corrected chi connectivity index (χ3v) is 13.9. The highest BCUT2D eigenvalue weighted by Crippen LogP contribution is 2.27. The number of ether oxygens (including phenoxy) is 6. The number of carbonyl (C=O) groups is 2. The third kappa shape index (κ3) is 32.3. The van der Waals surface area contributed by atoms with Crippen LogP contribution in [-0.2, 0) is 38.0 Å². The van der Waals surface area contributed by atoms with Crippen LogP contribution in [0.15, 0.2) is 48.6 Å². The molecular weight excluding hydrogens is 949 g/mol. The smallest absolute Gasteiger partial charge is 0.306 e. The Balaban J connectivity index is 1.73. The van der Waals surface area contributed by atoms with Crippen molar-refractivity contribution in [2.24, 2.45) is 0 Å². The number of aliphatic hydroxyl groups excluding tert-OH is 7. The van der Waals surface area contributed by atoms with Gasteiger partial charge in [-0.25, -0.2) is 0 Å². The quantitative estimate of drug-likeness (QED) is 0.0171. The van der Waals surface area contributed by atoms with Crippen molar-refractivity contribution in [3.8, 4) is 0 Å². The first-order valence-electron chi connectivity index (χ1n) is 29.3. The Morgan fingerprint density at radius 1 is 0.446 bits per heavy atom. The molecule has 2 heterocycles. The summed E-state index contributed by atoms with van der Waals surface area (Å²) in [5.41, 5.74) is 0. The van der Waals surface area contributed by atoms with Crippen LogP contribution < -0.4 is 0 Å². The lowest BCUT2D eigenvalue weighted by atomic mass is 9.98. The Morgan fingerprint density at radius 2 is 0.851 bits per heavy atom. The number of hydrogen-bond acceptors (Lipinski definition) is 15. The molecule has 2 aliphatic heterocycles. The molecule has 430 valence electrons. The van der Waals surface area contributed by atoms with E-state index in [1.54, 1.807) is 0 Å². The van der Waals surface area contributed by atoms with Crippen LogP contribution in [0.3, 0.4) is 0 Å². The fraction of sp³-hybridized carbons (Fsp3) is 0.831. The van der Waals surface area contributed by atoms with E-state index in [4.69, 9.17) is 28.4 Å². The van der Waals surface area contributed by atoms with E-state index >= 15 is 0 Å². The lowest BCUT2D eigenvalue weighted by Gasteiger charge is -2.42. The van der Waals surface area contributed by atoms with Crippen molar-refractivity contribution >= 4 is 11.9 Å². The molecule has 2 fully saturated rings. The molecule has 0 amide bonds. The summed E-state index contributed by atoms with van der Waals surface area (Å²) in [5.74, 6) is -0.945. The Labute approximate surface area is 446 Å². The van der Waals surface area contributed by atoms with Crippen LogP contribution in [0.5, 0.6) is 0 Å². The van der Waals surface area contributed by atoms with Crippen LogP contribution in [0.1, 0.15) is 219 Å². The van der Waals surface area contributed by atoms with E-state index in [0.717, 1.165) is 57.8 Å². The SMILES string of the molecule is CC/C=C/C=C/C=C/C=C/CCCCCCCC(=O)O[C@@H](COC(=O)CCCCCCCCCCCCCCCCCCCCCCCCC)CO[C@@H]1O[C@H](CO[C@@H]2O[C@H](CO)[C@H](O)C(O)C2O)[C@H](O)C(O)C1O. The van der Waals surface area contributed by atoms with Gasteiger partial charge in [-0.2, -0.15) is 0 Å². The number of esters is 2. The average Bonchev–Trinajstić information content (AvgIpc) is 3.39. The molecule has 15 heteroatoms. The van der Waals surface area contributed by atoms with Gasteiger partial charge in [-0.1, -0.05) is 223 Å². The fourth-order valence-corrected chi connectivity index (χ4v) is 9.17. The van der Waals surface area contributed by atoms with Crippen molar-refractivity contribution in [1.82, 2.24) is 0 Å². The first-order chi connectivity index (χ1) is 36.0. The molecule has 11 atom stereocenters. The van der Waals surface area contributed by atoms with Crippen LogP contribution >= 0.6 is 0 Å². The Morgan fingerprint density at radius 3 is 1.34 bits per heavy atom. The maximum Gasteiger partial charge on any atom is 0.306 e. The molecular formula is C59H104O15. The average molecular weight is 1050 g/mol. The summed E-state index contributed by atoms with van der Waals surface area (Å²) >= 11 is 0. The summed E-state index contributed by atoms with van der Waals surface area (Å²) < 4.78 is 33.7. The molecule has 2 rings (SSSR count). The number of carbonyl (C=O) groups excluding carboxylic acids is 2. The second-order valence-electron chi connectivity index (χ2n) is 20.5. The predicted octanol–water partition coefficient (Wildman–Crippen LogP) is 9.83. The minimum absolute atomic E-state index is 0.139. The third-order valence-electron chi connectivity index (χ3n) is 13.9. The first kappa shape index (κ1) is 67.6. The molecule has 15 nitrogen and oxygen atoms in total. The van der Waals surface area contributed by atoms with Gasteiger partial charge in [0.25, 0.3) is 0 Å². The van der Waals surface area contributed by atoms with Crippen molar-refractivity contribution in [3.05, 3.63) is 48.6 Å². The number of allylic oxidation sites excluding steroid dienone is 8. The summed E-state index contributed by atoms with van der Waals surface area (Å²) in [5, 5.41) is 72.2. The monoisotopic (exact) mass is 1050 g/mol. The lowest BCUT2D eigenvalue weighted by Crippen LogP contribution is -2.61. The van der Waals surface area contributed by atoms with E-state index in [9.17, 15) is 45.3 Å². The van der Waals surface area contributed by atoms with E-state index in [1.807, 2.05) is 36.5 Å². The van der Waals surface area contributed by atoms with E-state index in [-0.39, 0.29) is 19.4 Å². The van der Waals surface area contributed by atoms with E-state index in [0.29, 0.717) is 12.8 Å². The Bertz CT molecular complexity index is 1470.